The van der Waals surface area contributed by atoms with Gasteiger partial charge in [-0.15, -0.1) is 34.0 Å². The highest BCUT2D eigenvalue weighted by Gasteiger charge is 2.46. The van der Waals surface area contributed by atoms with Crippen molar-refractivity contribution in [3.05, 3.63) is 126 Å². The fourth-order valence-electron chi connectivity index (χ4n) is 8.33. The Labute approximate surface area is 304 Å². The van der Waals surface area contributed by atoms with E-state index in [9.17, 15) is 30.6 Å². The Bertz CT molecular complexity index is 2780. The zero-order valence-corrected chi connectivity index (χ0v) is 29.2. The Morgan fingerprint density at radius 1 is 0.647 bits per heavy atom. The SMILES string of the molecule is N#CC(C#N)=C1/C(=C/C2=Cc3sc4c(sc5cc(/C=C6\C(=O)c7ccccc7C6=C(C#N)C#N)sc54)c3C23CCCCC3)C(=O)c2ccccc21. The lowest BCUT2D eigenvalue weighted by Gasteiger charge is -2.36. The molecule has 0 N–H and O–H groups in total. The van der Waals surface area contributed by atoms with Crippen LogP contribution in [-0.2, 0) is 5.41 Å². The quantitative estimate of drug-likeness (QED) is 0.132. The molecule has 0 bridgehead atoms. The molecule has 0 amide bonds. The van der Waals surface area contributed by atoms with Crippen molar-refractivity contribution in [1.82, 2.24) is 0 Å². The number of fused-ring (bicyclic) bond motifs is 8. The first kappa shape index (κ1) is 31.1. The third-order valence-corrected chi connectivity index (χ3v) is 14.3. The van der Waals surface area contributed by atoms with E-state index in [0.717, 1.165) is 52.0 Å². The lowest BCUT2D eigenvalue weighted by atomic mass is 9.67. The summed E-state index contributed by atoms with van der Waals surface area (Å²) < 4.78 is 4.71. The first-order valence-electron chi connectivity index (χ1n) is 16.4. The summed E-state index contributed by atoms with van der Waals surface area (Å²) in [5.74, 6) is -0.349. The molecular weight excluding hydrogens is 689 g/mol. The van der Waals surface area contributed by atoms with Gasteiger partial charge in [0.15, 0.2) is 11.6 Å². The maximum Gasteiger partial charge on any atom is 0.194 e. The molecule has 4 aliphatic rings. The fraction of sp³-hybridized carbons (Fsp3) is 0.143. The van der Waals surface area contributed by atoms with Crippen LogP contribution in [0.15, 0.2) is 88.5 Å². The zero-order chi connectivity index (χ0) is 35.0. The Morgan fingerprint density at radius 2 is 1.20 bits per heavy atom. The highest BCUT2D eigenvalue weighted by Crippen LogP contribution is 2.60. The molecule has 3 aromatic heterocycles. The number of nitrogens with zero attached hydrogens (tertiary/aromatic N) is 4. The van der Waals surface area contributed by atoms with E-state index in [0.29, 0.717) is 44.5 Å². The second-order valence-corrected chi connectivity index (χ2v) is 16.2. The van der Waals surface area contributed by atoms with Crippen molar-refractivity contribution in [3.8, 4) is 24.3 Å². The van der Waals surface area contributed by atoms with Crippen molar-refractivity contribution in [2.75, 3.05) is 0 Å². The molecular formula is C42H22N4O2S3. The van der Waals surface area contributed by atoms with Crippen molar-refractivity contribution in [2.45, 2.75) is 37.5 Å². The van der Waals surface area contributed by atoms with Crippen LogP contribution >= 0.6 is 34.0 Å². The summed E-state index contributed by atoms with van der Waals surface area (Å²) in [6.07, 6.45) is 11.2. The molecule has 0 saturated heterocycles. The summed E-state index contributed by atoms with van der Waals surface area (Å²) in [6, 6.07) is 24.5. The van der Waals surface area contributed by atoms with Crippen LogP contribution in [0.3, 0.4) is 0 Å². The molecule has 2 aromatic carbocycles. The maximum absolute atomic E-state index is 13.8. The van der Waals surface area contributed by atoms with E-state index in [1.54, 1.807) is 64.3 Å². The van der Waals surface area contributed by atoms with Crippen molar-refractivity contribution in [3.63, 3.8) is 0 Å². The minimum absolute atomic E-state index is 0.0560. The summed E-state index contributed by atoms with van der Waals surface area (Å²) in [7, 11) is 0. The lowest BCUT2D eigenvalue weighted by molar-refractivity contribution is 0.103. The number of hydrogen-bond donors (Lipinski definition) is 0. The molecule has 9 rings (SSSR count). The molecule has 0 unspecified atom stereocenters. The predicted octanol–water partition coefficient (Wildman–Crippen LogP) is 10.5. The van der Waals surface area contributed by atoms with Crippen molar-refractivity contribution in [2.24, 2.45) is 0 Å². The Morgan fingerprint density at radius 3 is 1.76 bits per heavy atom. The van der Waals surface area contributed by atoms with Crippen LogP contribution in [0.1, 0.15) is 79.3 Å². The van der Waals surface area contributed by atoms with Gasteiger partial charge in [-0.2, -0.15) is 21.0 Å². The number of thiophene rings is 3. The van der Waals surface area contributed by atoms with Crippen LogP contribution in [-0.4, -0.2) is 11.6 Å². The van der Waals surface area contributed by atoms with E-state index in [1.807, 2.05) is 54.6 Å². The number of carbonyl (C=O) groups excluding carboxylic acids is 2. The van der Waals surface area contributed by atoms with Gasteiger partial charge in [-0.25, -0.2) is 0 Å². The van der Waals surface area contributed by atoms with Crippen LogP contribution in [0.4, 0.5) is 0 Å². The average Bonchev–Trinajstić information content (AvgIpc) is 3.97. The standard InChI is InChI=1S/C42H22N4O2S3/c43-18-22(19-44)34-26-8-2-4-10-28(26)37(47)30(34)14-24-15-32-36(42(24)12-6-1-7-13-42)40-41(50-32)39-33(51-40)17-25(49-39)16-31-35(23(20-45)21-46)27-9-3-5-11-29(27)38(31)48/h2-5,8-11,14-17H,1,6-7,12-13H2/b30-14-,31-16-. The lowest BCUT2D eigenvalue weighted by Crippen LogP contribution is -2.28. The fourth-order valence-corrected chi connectivity index (χ4v) is 12.7. The first-order chi connectivity index (χ1) is 24.9. The molecule has 0 radical (unpaired) electrons. The van der Waals surface area contributed by atoms with Crippen LogP contribution in [0.5, 0.6) is 0 Å². The van der Waals surface area contributed by atoms with Gasteiger partial charge in [0.25, 0.3) is 0 Å². The predicted molar refractivity (Wildman–Crippen MR) is 202 cm³/mol. The third kappa shape index (κ3) is 4.34. The molecule has 0 atom stereocenters. The summed E-state index contributed by atoms with van der Waals surface area (Å²) >= 11 is 5.10. The summed E-state index contributed by atoms with van der Waals surface area (Å²) in [5, 5.41) is 39.2. The van der Waals surface area contributed by atoms with E-state index in [2.05, 4.69) is 12.1 Å². The van der Waals surface area contributed by atoms with Gasteiger partial charge in [0.2, 0.25) is 0 Å². The third-order valence-electron chi connectivity index (χ3n) is 10.5. The second-order valence-electron chi connectivity index (χ2n) is 13.0. The molecule has 1 fully saturated rings. The van der Waals surface area contributed by atoms with Crippen molar-refractivity contribution < 1.29 is 9.59 Å². The molecule has 3 heterocycles. The van der Waals surface area contributed by atoms with Gasteiger partial charge in [0.05, 0.1) is 14.1 Å². The molecule has 1 saturated carbocycles. The van der Waals surface area contributed by atoms with Gasteiger partial charge in [-0.3, -0.25) is 9.59 Å². The van der Waals surface area contributed by atoms with Crippen molar-refractivity contribution in [1.29, 1.82) is 21.0 Å². The number of benzene rings is 2. The van der Waals surface area contributed by atoms with Crippen molar-refractivity contribution >= 4 is 87.7 Å². The second kappa shape index (κ2) is 11.6. The van der Waals surface area contributed by atoms with Crippen LogP contribution in [0.2, 0.25) is 0 Å². The monoisotopic (exact) mass is 710 g/mol. The normalized spacial score (nSPS) is 18.5. The first-order valence-corrected chi connectivity index (χ1v) is 18.9. The molecule has 51 heavy (non-hydrogen) atoms. The van der Waals surface area contributed by atoms with E-state index < -0.39 is 0 Å². The Balaban J connectivity index is 1.18. The number of allylic oxidation sites excluding steroid dienone is 8. The topological polar surface area (TPSA) is 129 Å². The van der Waals surface area contributed by atoms with Gasteiger partial charge in [0, 0.05) is 53.3 Å². The summed E-state index contributed by atoms with van der Waals surface area (Å²) in [5.41, 5.74) is 5.82. The molecule has 6 nitrogen and oxygen atoms in total. The number of rotatable bonds is 2. The molecule has 4 aliphatic carbocycles. The minimum Gasteiger partial charge on any atom is -0.289 e. The number of nitriles is 4. The summed E-state index contributed by atoms with van der Waals surface area (Å²) in [4.78, 5) is 29.4. The van der Waals surface area contributed by atoms with E-state index >= 15 is 0 Å². The number of Topliss-reactive ketones (excluding diaryl/α,β-unsaturated/α-hetero) is 2. The van der Waals surface area contributed by atoms with Gasteiger partial charge >= 0.3 is 0 Å². The van der Waals surface area contributed by atoms with Gasteiger partial charge in [0.1, 0.15) is 35.4 Å². The maximum atomic E-state index is 13.8. The van der Waals surface area contributed by atoms with E-state index in [4.69, 9.17) is 0 Å². The summed E-state index contributed by atoms with van der Waals surface area (Å²) in [6.45, 7) is 0. The van der Waals surface area contributed by atoms with E-state index in [1.165, 1.54) is 19.8 Å². The Kier molecular flexibility index (Phi) is 7.04. The largest absolute Gasteiger partial charge is 0.289 e. The van der Waals surface area contributed by atoms with Gasteiger partial charge in [-0.1, -0.05) is 67.8 Å². The Hall–Kier alpha value is -5.94. The van der Waals surface area contributed by atoms with Gasteiger partial charge in [-0.05, 0) is 59.4 Å². The molecule has 1 spiro atoms. The molecule has 9 heteroatoms. The number of ketones is 2. The highest BCUT2D eigenvalue weighted by atomic mass is 32.1. The van der Waals surface area contributed by atoms with Crippen LogP contribution in [0.25, 0.3) is 42.1 Å². The minimum atomic E-state index is -0.275. The number of carbonyl (C=O) groups is 2. The number of hydrogen-bond acceptors (Lipinski definition) is 9. The molecule has 0 aliphatic heterocycles. The smallest absolute Gasteiger partial charge is 0.194 e. The molecule has 5 aromatic rings. The molecule has 240 valence electrons. The zero-order valence-electron chi connectivity index (χ0n) is 26.8. The van der Waals surface area contributed by atoms with Gasteiger partial charge < -0.3 is 0 Å². The van der Waals surface area contributed by atoms with E-state index in [-0.39, 0.29) is 28.1 Å². The van der Waals surface area contributed by atoms with Crippen LogP contribution < -0.4 is 0 Å². The average molecular weight is 711 g/mol. The highest BCUT2D eigenvalue weighted by molar-refractivity contribution is 7.39. The van der Waals surface area contributed by atoms with Crippen LogP contribution in [0, 0.1) is 45.3 Å².